The van der Waals surface area contributed by atoms with Crippen LogP contribution in [0.3, 0.4) is 0 Å². The van der Waals surface area contributed by atoms with Gasteiger partial charge in [0.25, 0.3) is 0 Å². The van der Waals surface area contributed by atoms with Crippen LogP contribution in [-0.2, 0) is 25.0 Å². The third kappa shape index (κ3) is 3.32. The number of aromatic nitrogens is 1. The van der Waals surface area contributed by atoms with Gasteiger partial charge in [-0.05, 0) is 30.5 Å². The van der Waals surface area contributed by atoms with Gasteiger partial charge in [0.05, 0.1) is 26.0 Å². The molecule has 0 radical (unpaired) electrons. The molecule has 2 saturated heterocycles. The summed E-state index contributed by atoms with van der Waals surface area (Å²) in [6.45, 7) is 1.90. The molecule has 1 spiro atoms. The van der Waals surface area contributed by atoms with Gasteiger partial charge < -0.3 is 24.5 Å². The maximum absolute atomic E-state index is 13.5. The summed E-state index contributed by atoms with van der Waals surface area (Å²) in [7, 11) is -1.73. The number of aromatic amines is 1. The van der Waals surface area contributed by atoms with E-state index in [9.17, 15) is 18.3 Å². The molecule has 4 heterocycles. The summed E-state index contributed by atoms with van der Waals surface area (Å²) >= 11 is 0. The van der Waals surface area contributed by atoms with Gasteiger partial charge in [-0.25, -0.2) is 12.7 Å². The highest BCUT2D eigenvalue weighted by molar-refractivity contribution is 7.88. The minimum atomic E-state index is -3.33. The van der Waals surface area contributed by atoms with Crippen molar-refractivity contribution in [1.29, 1.82) is 0 Å². The Labute approximate surface area is 187 Å². The molecular weight excluding hydrogens is 434 g/mol. The van der Waals surface area contributed by atoms with Crippen LogP contribution < -0.4 is 4.74 Å². The molecule has 0 bridgehead atoms. The summed E-state index contributed by atoms with van der Waals surface area (Å²) < 4.78 is 36.6. The van der Waals surface area contributed by atoms with Crippen molar-refractivity contribution in [1.82, 2.24) is 14.2 Å². The van der Waals surface area contributed by atoms with Crippen molar-refractivity contribution in [2.45, 2.75) is 24.3 Å². The van der Waals surface area contributed by atoms with Crippen molar-refractivity contribution in [2.75, 3.05) is 52.8 Å². The van der Waals surface area contributed by atoms with E-state index in [4.69, 9.17) is 9.47 Å². The zero-order valence-electron chi connectivity index (χ0n) is 18.3. The Morgan fingerprint density at radius 1 is 1.28 bits per heavy atom. The Morgan fingerprint density at radius 2 is 2.00 bits per heavy atom. The summed E-state index contributed by atoms with van der Waals surface area (Å²) in [6.07, 6.45) is 2.53. The quantitative estimate of drug-likeness (QED) is 0.700. The number of methoxy groups -OCH3 is 1. The van der Waals surface area contributed by atoms with Crippen LogP contribution in [0, 0.1) is 5.92 Å². The van der Waals surface area contributed by atoms with Gasteiger partial charge >= 0.3 is 0 Å². The molecule has 2 N–H and O–H groups in total. The maximum atomic E-state index is 13.5. The molecule has 2 fully saturated rings. The van der Waals surface area contributed by atoms with E-state index in [1.807, 2.05) is 18.2 Å². The van der Waals surface area contributed by atoms with Crippen LogP contribution in [0.15, 0.2) is 18.2 Å². The number of benzene rings is 1. The minimum Gasteiger partial charge on any atom is -0.497 e. The van der Waals surface area contributed by atoms with Gasteiger partial charge in [0.1, 0.15) is 5.75 Å². The van der Waals surface area contributed by atoms with Crippen molar-refractivity contribution in [3.8, 4) is 5.75 Å². The lowest BCUT2D eigenvalue weighted by atomic mass is 9.69. The van der Waals surface area contributed by atoms with Gasteiger partial charge in [0, 0.05) is 66.8 Å². The van der Waals surface area contributed by atoms with Gasteiger partial charge in [-0.15, -0.1) is 0 Å². The van der Waals surface area contributed by atoms with Crippen LogP contribution in [0.25, 0.3) is 10.9 Å². The SMILES string of the molecule is COc1ccc2c3c([nH]c2c1)[C@H](CO)N(C(=O)C1CCOCC1)CC31CN(S(C)(=O)=O)C1. The largest absolute Gasteiger partial charge is 0.497 e. The Hall–Kier alpha value is -2.14. The van der Waals surface area contributed by atoms with Gasteiger partial charge in [0.2, 0.25) is 15.9 Å². The van der Waals surface area contributed by atoms with E-state index in [2.05, 4.69) is 4.98 Å². The second kappa shape index (κ2) is 7.72. The van der Waals surface area contributed by atoms with Crippen LogP contribution in [0.2, 0.25) is 0 Å². The molecule has 3 aliphatic rings. The number of rotatable bonds is 4. The molecule has 2 aromatic rings. The molecule has 5 rings (SSSR count). The Bertz CT molecular complexity index is 1150. The molecule has 0 unspecified atom stereocenters. The van der Waals surface area contributed by atoms with E-state index >= 15 is 0 Å². The number of amides is 1. The number of nitrogens with one attached hydrogen (secondary N) is 1. The highest BCUT2D eigenvalue weighted by Crippen LogP contribution is 2.49. The maximum Gasteiger partial charge on any atom is 0.226 e. The summed E-state index contributed by atoms with van der Waals surface area (Å²) in [4.78, 5) is 18.7. The Balaban J connectivity index is 1.62. The standard InChI is InChI=1S/C22H29N3O6S/c1-30-15-3-4-16-17(9-15)23-20-18(10-26)25(21(27)14-5-7-31-8-6-14)13-22(19(16)20)11-24(12-22)32(2,28)29/h3-4,9,14,18,23,26H,5-8,10-13H2,1-2H3/t18-/m0/s1. The fourth-order valence-corrected chi connectivity index (χ4v) is 6.50. The zero-order chi connectivity index (χ0) is 22.7. The molecule has 174 valence electrons. The van der Waals surface area contributed by atoms with Crippen LogP contribution in [0.1, 0.15) is 30.1 Å². The smallest absolute Gasteiger partial charge is 0.226 e. The molecule has 9 nitrogen and oxygen atoms in total. The van der Waals surface area contributed by atoms with Crippen LogP contribution in [-0.4, -0.2) is 86.4 Å². The monoisotopic (exact) mass is 463 g/mol. The van der Waals surface area contributed by atoms with Gasteiger partial charge in [-0.2, -0.15) is 0 Å². The van der Waals surface area contributed by atoms with E-state index in [1.54, 1.807) is 12.0 Å². The zero-order valence-corrected chi connectivity index (χ0v) is 19.2. The lowest BCUT2D eigenvalue weighted by Crippen LogP contribution is -2.68. The molecule has 0 aliphatic carbocycles. The summed E-state index contributed by atoms with van der Waals surface area (Å²) in [6, 6.07) is 5.24. The topological polar surface area (TPSA) is 112 Å². The Kier molecular flexibility index (Phi) is 5.23. The Morgan fingerprint density at radius 3 is 2.62 bits per heavy atom. The first kappa shape index (κ1) is 21.7. The minimum absolute atomic E-state index is 0.00594. The number of aliphatic hydroxyl groups is 1. The predicted octanol–water partition coefficient (Wildman–Crippen LogP) is 0.992. The molecular formula is C22H29N3O6S. The molecule has 1 amide bonds. The fraction of sp³-hybridized carbons (Fsp3) is 0.591. The lowest BCUT2D eigenvalue weighted by Gasteiger charge is -2.55. The molecule has 0 saturated carbocycles. The molecule has 32 heavy (non-hydrogen) atoms. The van der Waals surface area contributed by atoms with Gasteiger partial charge in [-0.3, -0.25) is 4.79 Å². The van der Waals surface area contributed by atoms with E-state index in [-0.39, 0.29) is 18.4 Å². The van der Waals surface area contributed by atoms with E-state index < -0.39 is 21.5 Å². The first-order chi connectivity index (χ1) is 15.3. The first-order valence-electron chi connectivity index (χ1n) is 10.9. The van der Waals surface area contributed by atoms with Gasteiger partial charge in [0.15, 0.2) is 0 Å². The second-order valence-corrected chi connectivity index (χ2v) is 11.2. The molecule has 1 aromatic heterocycles. The first-order valence-corrected chi connectivity index (χ1v) is 12.8. The fourth-order valence-electron chi connectivity index (χ4n) is 5.54. The van der Waals surface area contributed by atoms with Crippen LogP contribution in [0.4, 0.5) is 0 Å². The van der Waals surface area contributed by atoms with Crippen molar-refractivity contribution < 1.29 is 27.8 Å². The van der Waals surface area contributed by atoms with E-state index in [1.165, 1.54) is 10.6 Å². The number of H-pyrrole nitrogens is 1. The third-order valence-electron chi connectivity index (χ3n) is 7.20. The average Bonchev–Trinajstić information content (AvgIpc) is 3.14. The second-order valence-electron chi connectivity index (χ2n) is 9.19. The highest BCUT2D eigenvalue weighted by Gasteiger charge is 2.56. The highest BCUT2D eigenvalue weighted by atomic mass is 32.2. The molecule has 10 heteroatoms. The number of ether oxygens (including phenoxy) is 2. The normalized spacial score (nSPS) is 23.8. The molecule has 3 aliphatic heterocycles. The third-order valence-corrected chi connectivity index (χ3v) is 8.40. The van der Waals surface area contributed by atoms with Crippen molar-refractivity contribution in [3.05, 3.63) is 29.5 Å². The molecule has 1 aromatic carbocycles. The predicted molar refractivity (Wildman–Crippen MR) is 118 cm³/mol. The average molecular weight is 464 g/mol. The number of nitrogens with zero attached hydrogens (tertiary/aromatic N) is 2. The number of hydrogen-bond donors (Lipinski definition) is 2. The number of carbonyl (C=O) groups excluding carboxylic acids is 1. The van der Waals surface area contributed by atoms with Gasteiger partial charge in [-0.1, -0.05) is 0 Å². The number of carbonyl (C=O) groups is 1. The van der Waals surface area contributed by atoms with E-state index in [0.29, 0.717) is 51.4 Å². The lowest BCUT2D eigenvalue weighted by molar-refractivity contribution is -0.145. The van der Waals surface area contributed by atoms with Crippen molar-refractivity contribution >= 4 is 26.8 Å². The van der Waals surface area contributed by atoms with Crippen LogP contribution in [0.5, 0.6) is 5.75 Å². The number of sulfonamides is 1. The summed E-state index contributed by atoms with van der Waals surface area (Å²) in [5, 5.41) is 11.3. The van der Waals surface area contributed by atoms with E-state index in [0.717, 1.165) is 22.2 Å². The number of fused-ring (bicyclic) bond motifs is 4. The number of aliphatic hydroxyl groups excluding tert-OH is 1. The number of hydrogen-bond acceptors (Lipinski definition) is 6. The molecule has 1 atom stereocenters. The van der Waals surface area contributed by atoms with Crippen molar-refractivity contribution in [3.63, 3.8) is 0 Å². The summed E-state index contributed by atoms with van der Waals surface area (Å²) in [5.74, 6) is 0.561. The summed E-state index contributed by atoms with van der Waals surface area (Å²) in [5.41, 5.74) is 2.13. The van der Waals surface area contributed by atoms with Crippen LogP contribution >= 0.6 is 0 Å². The van der Waals surface area contributed by atoms with Crippen molar-refractivity contribution in [2.24, 2.45) is 5.92 Å².